The zero-order valence-electron chi connectivity index (χ0n) is 10.1. The van der Waals surface area contributed by atoms with Crippen molar-refractivity contribution < 1.29 is 0 Å². The molecule has 1 heterocycles. The number of halogens is 2. The number of rotatable bonds is 2. The number of alkyl halides is 1. The first-order valence-corrected chi connectivity index (χ1v) is 8.64. The van der Waals surface area contributed by atoms with Crippen LogP contribution in [-0.2, 0) is 12.8 Å². The minimum atomic E-state index is 0.472. The van der Waals surface area contributed by atoms with Crippen LogP contribution in [0.5, 0.6) is 0 Å². The Hall–Kier alpha value is -0.120. The molecule has 1 atom stereocenters. The number of thiophene rings is 1. The van der Waals surface area contributed by atoms with Crippen LogP contribution in [0.3, 0.4) is 0 Å². The highest BCUT2D eigenvalue weighted by atomic mass is 79.9. The number of aryl methyl sites for hydroxylation is 1. The van der Waals surface area contributed by atoms with Crippen molar-refractivity contribution in [3.05, 3.63) is 55.7 Å². The van der Waals surface area contributed by atoms with E-state index in [2.05, 4.69) is 69.1 Å². The van der Waals surface area contributed by atoms with Gasteiger partial charge in [0.1, 0.15) is 0 Å². The summed E-state index contributed by atoms with van der Waals surface area (Å²) in [7, 11) is 0. The second-order valence-corrected chi connectivity index (χ2v) is 8.02. The smallest absolute Gasteiger partial charge is 0.0524 e. The molecular weight excluding hydrogens is 372 g/mol. The molecule has 94 valence electrons. The van der Waals surface area contributed by atoms with Crippen molar-refractivity contribution in [1.29, 1.82) is 0 Å². The van der Waals surface area contributed by atoms with E-state index >= 15 is 0 Å². The van der Waals surface area contributed by atoms with E-state index in [0.29, 0.717) is 10.7 Å². The van der Waals surface area contributed by atoms with Crippen LogP contribution in [0.15, 0.2) is 34.8 Å². The van der Waals surface area contributed by atoms with E-state index in [1.54, 1.807) is 0 Å². The molecule has 0 radical (unpaired) electrons. The van der Waals surface area contributed by atoms with Gasteiger partial charge in [-0.25, -0.2) is 0 Å². The molecule has 0 fully saturated rings. The summed E-state index contributed by atoms with van der Waals surface area (Å²) in [5, 5.41) is 0. The van der Waals surface area contributed by atoms with Crippen molar-refractivity contribution in [3.63, 3.8) is 0 Å². The average Bonchev–Trinajstić information content (AvgIpc) is 2.93. The van der Waals surface area contributed by atoms with Gasteiger partial charge in [0.25, 0.3) is 0 Å². The summed E-state index contributed by atoms with van der Waals surface area (Å²) < 4.78 is 1.24. The third kappa shape index (κ3) is 2.33. The van der Waals surface area contributed by atoms with Crippen LogP contribution < -0.4 is 0 Å². The Balaban J connectivity index is 1.82. The number of benzene rings is 1. The van der Waals surface area contributed by atoms with Crippen molar-refractivity contribution in [1.82, 2.24) is 0 Å². The predicted molar refractivity (Wildman–Crippen MR) is 85.8 cm³/mol. The molecule has 0 amide bonds. The first-order chi connectivity index (χ1) is 8.65. The molecule has 2 aromatic rings. The number of hydrogen-bond donors (Lipinski definition) is 0. The highest BCUT2D eigenvalue weighted by molar-refractivity contribution is 9.10. The fourth-order valence-corrected chi connectivity index (χ4v) is 5.07. The zero-order chi connectivity index (χ0) is 12.7. The highest BCUT2D eigenvalue weighted by Gasteiger charge is 2.29. The van der Waals surface area contributed by atoms with Crippen LogP contribution in [0.25, 0.3) is 0 Å². The van der Waals surface area contributed by atoms with E-state index < -0.39 is 0 Å². The molecule has 1 aromatic carbocycles. The molecule has 0 spiro atoms. The van der Waals surface area contributed by atoms with Gasteiger partial charge in [-0.1, -0.05) is 40.2 Å². The Labute approximate surface area is 129 Å². The summed E-state index contributed by atoms with van der Waals surface area (Å²) in [6.45, 7) is 2.17. The van der Waals surface area contributed by atoms with Gasteiger partial charge in [0.05, 0.1) is 4.83 Å². The van der Waals surface area contributed by atoms with Gasteiger partial charge in [-0.15, -0.1) is 11.3 Å². The van der Waals surface area contributed by atoms with E-state index in [0.717, 1.165) is 0 Å². The maximum atomic E-state index is 3.91. The molecule has 1 aromatic heterocycles. The minimum absolute atomic E-state index is 0.472. The summed E-state index contributed by atoms with van der Waals surface area (Å²) in [5.41, 5.74) is 3.05. The quantitative estimate of drug-likeness (QED) is 0.584. The second kappa shape index (κ2) is 5.10. The molecule has 18 heavy (non-hydrogen) atoms. The normalized spacial score (nSPS) is 16.8. The molecular formula is C15H14Br2S. The van der Waals surface area contributed by atoms with Crippen molar-refractivity contribution in [3.8, 4) is 0 Å². The van der Waals surface area contributed by atoms with Gasteiger partial charge in [0.15, 0.2) is 0 Å². The van der Waals surface area contributed by atoms with E-state index in [4.69, 9.17) is 0 Å². The Morgan fingerprint density at radius 1 is 1.22 bits per heavy atom. The van der Waals surface area contributed by atoms with Gasteiger partial charge in [-0.3, -0.25) is 0 Å². The Morgan fingerprint density at radius 2 is 1.83 bits per heavy atom. The van der Waals surface area contributed by atoms with Crippen molar-refractivity contribution in [2.75, 3.05) is 0 Å². The van der Waals surface area contributed by atoms with E-state index in [-0.39, 0.29) is 0 Å². The molecule has 0 saturated carbocycles. The van der Waals surface area contributed by atoms with Crippen LogP contribution in [0.4, 0.5) is 0 Å². The van der Waals surface area contributed by atoms with Crippen molar-refractivity contribution >= 4 is 43.2 Å². The molecule has 3 rings (SSSR count). The molecule has 0 aliphatic heterocycles. The van der Waals surface area contributed by atoms with Crippen molar-refractivity contribution in [2.45, 2.75) is 24.6 Å². The SMILES string of the molecule is Cc1sc(C(Br)C2Cc3ccccc3C2)cc1Br. The van der Waals surface area contributed by atoms with Gasteiger partial charge in [0.2, 0.25) is 0 Å². The van der Waals surface area contributed by atoms with Gasteiger partial charge < -0.3 is 0 Å². The molecule has 1 unspecified atom stereocenters. The predicted octanol–water partition coefficient (Wildman–Crippen LogP) is 5.67. The third-order valence-electron chi connectivity index (χ3n) is 3.64. The van der Waals surface area contributed by atoms with Crippen LogP contribution in [0.2, 0.25) is 0 Å². The molecule has 0 saturated heterocycles. The highest BCUT2D eigenvalue weighted by Crippen LogP contribution is 2.44. The first kappa shape index (κ1) is 12.9. The summed E-state index contributed by atoms with van der Waals surface area (Å²) in [6, 6.07) is 11.1. The maximum absolute atomic E-state index is 3.91. The standard InChI is InChI=1S/C15H14Br2S/c1-9-13(16)8-14(18-9)15(17)12-6-10-4-2-3-5-11(10)7-12/h2-5,8,12,15H,6-7H2,1H3. The zero-order valence-corrected chi connectivity index (χ0v) is 14.1. The lowest BCUT2D eigenvalue weighted by molar-refractivity contribution is 0.559. The number of fused-ring (bicyclic) bond motifs is 1. The summed E-state index contributed by atoms with van der Waals surface area (Å²) in [5.74, 6) is 0.687. The fraction of sp³-hybridized carbons (Fsp3) is 0.333. The lowest BCUT2D eigenvalue weighted by Crippen LogP contribution is -2.06. The summed E-state index contributed by atoms with van der Waals surface area (Å²) >= 11 is 9.41. The Morgan fingerprint density at radius 3 is 2.33 bits per heavy atom. The average molecular weight is 386 g/mol. The van der Waals surface area contributed by atoms with Crippen LogP contribution in [-0.4, -0.2) is 0 Å². The summed E-state index contributed by atoms with van der Waals surface area (Å²) in [6.07, 6.45) is 2.39. The molecule has 3 heteroatoms. The Bertz CT molecular complexity index is 529. The lowest BCUT2D eigenvalue weighted by atomic mass is 10.0. The molecule has 1 aliphatic rings. The molecule has 0 nitrogen and oxygen atoms in total. The van der Waals surface area contributed by atoms with Gasteiger partial charge in [-0.05, 0) is 58.8 Å². The Kier molecular flexibility index (Phi) is 3.65. The fourth-order valence-electron chi connectivity index (χ4n) is 2.65. The maximum Gasteiger partial charge on any atom is 0.0524 e. The monoisotopic (exact) mass is 384 g/mol. The van der Waals surface area contributed by atoms with Crippen LogP contribution >= 0.6 is 43.2 Å². The third-order valence-corrected chi connectivity index (χ3v) is 7.41. The largest absolute Gasteiger partial charge is 0.143 e. The second-order valence-electron chi connectivity index (χ2n) is 4.89. The molecule has 1 aliphatic carbocycles. The topological polar surface area (TPSA) is 0 Å². The van der Waals surface area contributed by atoms with Gasteiger partial charge in [-0.2, -0.15) is 0 Å². The van der Waals surface area contributed by atoms with E-state index in [1.807, 2.05) is 11.3 Å². The van der Waals surface area contributed by atoms with Crippen LogP contribution in [0.1, 0.15) is 25.7 Å². The van der Waals surface area contributed by atoms with E-state index in [1.165, 1.54) is 38.2 Å². The van der Waals surface area contributed by atoms with Crippen LogP contribution in [0, 0.1) is 12.8 Å². The van der Waals surface area contributed by atoms with Crippen molar-refractivity contribution in [2.24, 2.45) is 5.92 Å². The van der Waals surface area contributed by atoms with Gasteiger partial charge in [0, 0.05) is 14.2 Å². The molecule has 0 N–H and O–H groups in total. The lowest BCUT2D eigenvalue weighted by Gasteiger charge is -2.15. The summed E-state index contributed by atoms with van der Waals surface area (Å²) in [4.78, 5) is 3.28. The van der Waals surface area contributed by atoms with Gasteiger partial charge >= 0.3 is 0 Å². The van der Waals surface area contributed by atoms with E-state index in [9.17, 15) is 0 Å². The first-order valence-electron chi connectivity index (χ1n) is 6.12. The number of hydrogen-bond acceptors (Lipinski definition) is 1. The molecule has 0 bridgehead atoms. The minimum Gasteiger partial charge on any atom is -0.143 e.